The lowest BCUT2D eigenvalue weighted by Crippen LogP contribution is -2.51. The van der Waals surface area contributed by atoms with Crippen LogP contribution in [0.2, 0.25) is 0 Å². The molecule has 1 saturated heterocycles. The predicted octanol–water partition coefficient (Wildman–Crippen LogP) is 2.26. The van der Waals surface area contributed by atoms with Crippen LogP contribution in [0.15, 0.2) is 23.9 Å². The van der Waals surface area contributed by atoms with Crippen molar-refractivity contribution in [3.05, 3.63) is 29.5 Å². The summed E-state index contributed by atoms with van der Waals surface area (Å²) in [5.74, 6) is -1.63. The first-order valence-electron chi connectivity index (χ1n) is 10.1. The number of primary amides is 1. The van der Waals surface area contributed by atoms with Gasteiger partial charge in [-0.1, -0.05) is 18.6 Å². The number of nitrogens with zero attached hydrogens (tertiary/aromatic N) is 2. The standard InChI is InChI=1S/C21H28N4O4/c1-13-8-9-17(14-6-4-3-5-7-14)25(12-13)21(28)19(27)24-15-10-16(18(22)26)20(29-2)23-11-15/h6,10-11,13,17H,3-5,7-9,12H2,1-2H3,(H2,22,26)(H,24,27)/t13-,17-/m0/s1. The molecule has 2 aliphatic rings. The number of hydrogen-bond acceptors (Lipinski definition) is 5. The smallest absolute Gasteiger partial charge is 0.313 e. The number of nitrogens with one attached hydrogen (secondary N) is 1. The van der Waals surface area contributed by atoms with Crippen molar-refractivity contribution in [3.8, 4) is 5.88 Å². The first-order chi connectivity index (χ1) is 13.9. The SMILES string of the molecule is COc1ncc(NC(=O)C(=O)N2C[C@@H](C)CC[C@H]2C2=CCCCC2)cc1C(N)=O. The molecule has 0 saturated carbocycles. The van der Waals surface area contributed by atoms with Crippen LogP contribution in [0.3, 0.4) is 0 Å². The molecule has 8 nitrogen and oxygen atoms in total. The molecule has 1 aromatic heterocycles. The molecule has 1 fully saturated rings. The Kier molecular flexibility index (Phi) is 6.51. The molecule has 0 aromatic carbocycles. The lowest BCUT2D eigenvalue weighted by Gasteiger charge is -2.40. The maximum Gasteiger partial charge on any atom is 0.313 e. The van der Waals surface area contributed by atoms with E-state index >= 15 is 0 Å². The molecular weight excluding hydrogens is 372 g/mol. The molecule has 29 heavy (non-hydrogen) atoms. The van der Waals surface area contributed by atoms with E-state index in [0.29, 0.717) is 12.5 Å². The average molecular weight is 400 g/mol. The number of carbonyl (C=O) groups is 3. The maximum absolute atomic E-state index is 13.0. The Morgan fingerprint density at radius 3 is 2.72 bits per heavy atom. The zero-order valence-electron chi connectivity index (χ0n) is 16.9. The largest absolute Gasteiger partial charge is 0.480 e. The van der Waals surface area contributed by atoms with Gasteiger partial charge in [0, 0.05) is 6.54 Å². The van der Waals surface area contributed by atoms with Gasteiger partial charge in [-0.05, 0) is 50.5 Å². The van der Waals surface area contributed by atoms with E-state index < -0.39 is 17.7 Å². The summed E-state index contributed by atoms with van der Waals surface area (Å²) in [6.45, 7) is 2.65. The second kappa shape index (κ2) is 9.07. The van der Waals surface area contributed by atoms with Gasteiger partial charge in [0.2, 0.25) is 5.88 Å². The van der Waals surface area contributed by atoms with Crippen LogP contribution >= 0.6 is 0 Å². The summed E-state index contributed by atoms with van der Waals surface area (Å²) in [7, 11) is 1.37. The Morgan fingerprint density at radius 1 is 1.28 bits per heavy atom. The number of amides is 3. The molecule has 8 heteroatoms. The first kappa shape index (κ1) is 20.8. The van der Waals surface area contributed by atoms with Gasteiger partial charge in [0.05, 0.1) is 25.0 Å². The number of likely N-dealkylation sites (tertiary alicyclic amines) is 1. The summed E-state index contributed by atoms with van der Waals surface area (Å²) >= 11 is 0. The number of piperidine rings is 1. The van der Waals surface area contributed by atoms with Crippen LogP contribution in [0.25, 0.3) is 0 Å². The molecule has 1 aromatic rings. The van der Waals surface area contributed by atoms with Gasteiger partial charge in [0.1, 0.15) is 5.56 Å². The van der Waals surface area contributed by atoms with E-state index in [-0.39, 0.29) is 23.2 Å². The summed E-state index contributed by atoms with van der Waals surface area (Å²) in [4.78, 5) is 42.9. The molecule has 1 aliphatic carbocycles. The predicted molar refractivity (Wildman–Crippen MR) is 108 cm³/mol. The number of aromatic nitrogens is 1. The molecule has 156 valence electrons. The van der Waals surface area contributed by atoms with E-state index in [0.717, 1.165) is 32.1 Å². The maximum atomic E-state index is 13.0. The van der Waals surface area contributed by atoms with Crippen LogP contribution in [0, 0.1) is 5.92 Å². The van der Waals surface area contributed by atoms with Crippen LogP contribution in [0.4, 0.5) is 5.69 Å². The van der Waals surface area contributed by atoms with E-state index in [1.807, 2.05) is 0 Å². The molecule has 3 N–H and O–H groups in total. The molecular formula is C21H28N4O4. The highest BCUT2D eigenvalue weighted by Gasteiger charge is 2.35. The number of hydrogen-bond donors (Lipinski definition) is 2. The number of nitrogens with two attached hydrogens (primary N) is 1. The van der Waals surface area contributed by atoms with Crippen molar-refractivity contribution < 1.29 is 19.1 Å². The Bertz CT molecular complexity index is 836. The summed E-state index contributed by atoms with van der Waals surface area (Å²) in [5, 5.41) is 2.55. The number of anilines is 1. The van der Waals surface area contributed by atoms with Gasteiger partial charge < -0.3 is 20.7 Å². The normalized spacial score (nSPS) is 21.9. The highest BCUT2D eigenvalue weighted by Crippen LogP contribution is 2.31. The number of ether oxygens (including phenoxy) is 1. The quantitative estimate of drug-likeness (QED) is 0.594. The van der Waals surface area contributed by atoms with Crippen molar-refractivity contribution in [2.24, 2.45) is 11.7 Å². The van der Waals surface area contributed by atoms with E-state index in [2.05, 4.69) is 23.3 Å². The Hall–Kier alpha value is -2.90. The van der Waals surface area contributed by atoms with E-state index in [9.17, 15) is 14.4 Å². The number of allylic oxidation sites excluding steroid dienone is 1. The summed E-state index contributed by atoms with van der Waals surface area (Å²) in [5.41, 5.74) is 6.85. The van der Waals surface area contributed by atoms with Crippen molar-refractivity contribution in [2.75, 3.05) is 19.0 Å². The second-order valence-electron chi connectivity index (χ2n) is 7.78. The van der Waals surface area contributed by atoms with Crippen molar-refractivity contribution in [1.82, 2.24) is 9.88 Å². The van der Waals surface area contributed by atoms with Crippen LogP contribution < -0.4 is 15.8 Å². The lowest BCUT2D eigenvalue weighted by atomic mass is 9.85. The number of carbonyl (C=O) groups excluding carboxylic acids is 3. The molecule has 0 radical (unpaired) electrons. The molecule has 3 amide bonds. The Morgan fingerprint density at radius 2 is 2.07 bits per heavy atom. The summed E-state index contributed by atoms with van der Waals surface area (Å²) < 4.78 is 5.00. The third kappa shape index (κ3) is 4.75. The molecule has 2 heterocycles. The van der Waals surface area contributed by atoms with Crippen molar-refractivity contribution in [3.63, 3.8) is 0 Å². The van der Waals surface area contributed by atoms with Gasteiger partial charge in [-0.15, -0.1) is 0 Å². The number of methoxy groups -OCH3 is 1. The first-order valence-corrected chi connectivity index (χ1v) is 10.1. The molecule has 3 rings (SSSR count). The zero-order valence-corrected chi connectivity index (χ0v) is 16.9. The lowest BCUT2D eigenvalue weighted by molar-refractivity contribution is -0.145. The highest BCUT2D eigenvalue weighted by molar-refractivity contribution is 6.39. The van der Waals surface area contributed by atoms with Gasteiger partial charge in [0.25, 0.3) is 5.91 Å². The summed E-state index contributed by atoms with van der Waals surface area (Å²) in [6.07, 6.45) is 9.79. The molecule has 0 bridgehead atoms. The fraction of sp³-hybridized carbons (Fsp3) is 0.524. The van der Waals surface area contributed by atoms with Crippen molar-refractivity contribution in [2.45, 2.75) is 51.5 Å². The van der Waals surface area contributed by atoms with Crippen molar-refractivity contribution >= 4 is 23.4 Å². The van der Waals surface area contributed by atoms with Crippen LogP contribution in [-0.4, -0.2) is 47.3 Å². The minimum atomic E-state index is -0.747. The Labute approximate surface area is 170 Å². The van der Waals surface area contributed by atoms with Crippen LogP contribution in [-0.2, 0) is 9.59 Å². The molecule has 0 unspecified atom stereocenters. The second-order valence-corrected chi connectivity index (χ2v) is 7.78. The fourth-order valence-electron chi connectivity index (χ4n) is 4.10. The molecule has 1 aliphatic heterocycles. The van der Waals surface area contributed by atoms with Crippen LogP contribution in [0.5, 0.6) is 5.88 Å². The van der Waals surface area contributed by atoms with Gasteiger partial charge in [-0.25, -0.2) is 4.98 Å². The van der Waals surface area contributed by atoms with Gasteiger partial charge >= 0.3 is 11.8 Å². The topological polar surface area (TPSA) is 115 Å². The van der Waals surface area contributed by atoms with E-state index in [4.69, 9.17) is 10.5 Å². The fourth-order valence-corrected chi connectivity index (χ4v) is 4.10. The number of pyridine rings is 1. The molecule has 2 atom stereocenters. The van der Waals surface area contributed by atoms with Gasteiger partial charge in [-0.2, -0.15) is 0 Å². The molecule has 0 spiro atoms. The van der Waals surface area contributed by atoms with Crippen LogP contribution in [0.1, 0.15) is 55.8 Å². The minimum Gasteiger partial charge on any atom is -0.480 e. The summed E-state index contributed by atoms with van der Waals surface area (Å²) in [6, 6.07) is 1.35. The van der Waals surface area contributed by atoms with Crippen molar-refractivity contribution in [1.29, 1.82) is 0 Å². The Balaban J connectivity index is 1.77. The highest BCUT2D eigenvalue weighted by atomic mass is 16.5. The van der Waals surface area contributed by atoms with E-state index in [1.165, 1.54) is 31.4 Å². The van der Waals surface area contributed by atoms with E-state index in [1.54, 1.807) is 4.90 Å². The van der Waals surface area contributed by atoms with Gasteiger partial charge in [0.15, 0.2) is 0 Å². The minimum absolute atomic E-state index is 0.0140. The number of rotatable bonds is 4. The average Bonchev–Trinajstić information content (AvgIpc) is 2.73. The zero-order chi connectivity index (χ0) is 21.0. The van der Waals surface area contributed by atoms with Gasteiger partial charge in [-0.3, -0.25) is 14.4 Å². The third-order valence-electron chi connectivity index (χ3n) is 5.59. The third-order valence-corrected chi connectivity index (χ3v) is 5.59. The monoisotopic (exact) mass is 400 g/mol.